The Morgan fingerprint density at radius 1 is 0.972 bits per heavy atom. The predicted octanol–water partition coefficient (Wildman–Crippen LogP) is 4.44. The van der Waals surface area contributed by atoms with Gasteiger partial charge in [-0.15, -0.1) is 0 Å². The van der Waals surface area contributed by atoms with Crippen LogP contribution in [0, 0.1) is 17.0 Å². The molecule has 0 amide bonds. The maximum atomic E-state index is 13.0. The van der Waals surface area contributed by atoms with Crippen molar-refractivity contribution in [2.24, 2.45) is 0 Å². The quantitative estimate of drug-likeness (QED) is 0.254. The summed E-state index contributed by atoms with van der Waals surface area (Å²) in [4.78, 5) is 27.3. The molecule has 36 heavy (non-hydrogen) atoms. The normalized spacial score (nSPS) is 13.7. The molecule has 5 rings (SSSR count). The molecule has 2 heterocycles. The van der Waals surface area contributed by atoms with E-state index in [1.165, 1.54) is 19.2 Å². The summed E-state index contributed by atoms with van der Waals surface area (Å²) < 4.78 is 16.6. The molecule has 0 radical (unpaired) electrons. The first-order valence-corrected chi connectivity index (χ1v) is 12.0. The van der Waals surface area contributed by atoms with Crippen LogP contribution >= 0.6 is 0 Å². The summed E-state index contributed by atoms with van der Waals surface area (Å²) in [6.07, 6.45) is 9.84. The van der Waals surface area contributed by atoms with Crippen molar-refractivity contribution < 1.29 is 14.4 Å². The van der Waals surface area contributed by atoms with Crippen LogP contribution in [-0.2, 0) is 6.54 Å². The van der Waals surface area contributed by atoms with E-state index in [2.05, 4.69) is 4.98 Å². The van der Waals surface area contributed by atoms with Crippen molar-refractivity contribution in [3.8, 4) is 22.9 Å². The molecule has 1 fully saturated rings. The summed E-state index contributed by atoms with van der Waals surface area (Å²) in [5.74, 6) is 1.32. The topological polar surface area (TPSA) is 106 Å². The van der Waals surface area contributed by atoms with Crippen LogP contribution in [0.4, 0.5) is 5.82 Å². The van der Waals surface area contributed by atoms with Crippen LogP contribution < -0.4 is 15.2 Å². The molecule has 0 bridgehead atoms. The van der Waals surface area contributed by atoms with E-state index in [0.717, 1.165) is 24.3 Å². The Labute approximate surface area is 207 Å². The van der Waals surface area contributed by atoms with E-state index in [4.69, 9.17) is 9.47 Å². The number of nitrogens with zero attached hydrogens (tertiary/aromatic N) is 5. The van der Waals surface area contributed by atoms with Gasteiger partial charge in [0.05, 0.1) is 24.0 Å². The lowest BCUT2D eigenvalue weighted by atomic mass is 10.2. The molecule has 0 aliphatic heterocycles. The zero-order chi connectivity index (χ0) is 25.1. The minimum Gasteiger partial charge on any atom is -0.492 e. The van der Waals surface area contributed by atoms with Gasteiger partial charge in [-0.25, -0.2) is 4.79 Å². The van der Waals surface area contributed by atoms with Crippen LogP contribution in [0.1, 0.15) is 31.4 Å². The molecule has 1 aliphatic rings. The second kappa shape index (κ2) is 10.1. The van der Waals surface area contributed by atoms with Gasteiger partial charge in [0.25, 0.3) is 0 Å². The molecule has 1 saturated carbocycles. The highest BCUT2D eigenvalue weighted by molar-refractivity contribution is 5.40. The Kier molecular flexibility index (Phi) is 6.57. The number of aromatic nitrogens is 4. The average Bonchev–Trinajstić information content (AvgIpc) is 3.61. The number of ether oxygens (including phenoxy) is 2. The number of benzene rings is 2. The fourth-order valence-electron chi connectivity index (χ4n) is 4.46. The van der Waals surface area contributed by atoms with Crippen molar-refractivity contribution in [3.63, 3.8) is 0 Å². The second-order valence-electron chi connectivity index (χ2n) is 8.79. The highest BCUT2D eigenvalue weighted by Gasteiger charge is 2.18. The first kappa shape index (κ1) is 23.4. The van der Waals surface area contributed by atoms with E-state index in [9.17, 15) is 14.9 Å². The maximum Gasteiger partial charge on any atom is 0.384 e. The van der Waals surface area contributed by atoms with Gasteiger partial charge in [-0.2, -0.15) is 0 Å². The molecule has 1 aliphatic carbocycles. The summed E-state index contributed by atoms with van der Waals surface area (Å²) >= 11 is 0. The Morgan fingerprint density at radius 3 is 2.11 bits per heavy atom. The number of hydrogen-bond acceptors (Lipinski definition) is 6. The van der Waals surface area contributed by atoms with Gasteiger partial charge in [0, 0.05) is 12.4 Å². The Hall–Kier alpha value is -4.34. The summed E-state index contributed by atoms with van der Waals surface area (Å²) in [5, 5.41) is 10.9. The van der Waals surface area contributed by atoms with Crippen molar-refractivity contribution in [2.45, 2.75) is 45.3 Å². The molecule has 0 atom stereocenters. The van der Waals surface area contributed by atoms with Crippen LogP contribution in [0.5, 0.6) is 11.5 Å². The van der Waals surface area contributed by atoms with E-state index in [1.54, 1.807) is 45.2 Å². The first-order valence-electron chi connectivity index (χ1n) is 12.0. The van der Waals surface area contributed by atoms with Gasteiger partial charge >= 0.3 is 11.5 Å². The van der Waals surface area contributed by atoms with E-state index >= 15 is 0 Å². The van der Waals surface area contributed by atoms with Crippen LogP contribution in [0.3, 0.4) is 0 Å². The Morgan fingerprint density at radius 2 is 1.56 bits per heavy atom. The summed E-state index contributed by atoms with van der Waals surface area (Å²) in [6, 6.07) is 14.8. The highest BCUT2D eigenvalue weighted by atomic mass is 16.6. The Bertz CT molecular complexity index is 1400. The van der Waals surface area contributed by atoms with E-state index < -0.39 is 4.92 Å². The summed E-state index contributed by atoms with van der Waals surface area (Å²) in [5.41, 5.74) is 1.80. The number of rotatable bonds is 9. The molecule has 0 saturated heterocycles. The van der Waals surface area contributed by atoms with Crippen molar-refractivity contribution in [3.05, 3.63) is 93.5 Å². The van der Waals surface area contributed by atoms with Crippen molar-refractivity contribution in [1.82, 2.24) is 18.7 Å². The molecular weight excluding hydrogens is 462 g/mol. The molecular formula is C26H27N5O5. The third kappa shape index (κ3) is 4.88. The Balaban J connectivity index is 1.21. The molecule has 10 nitrogen and oxygen atoms in total. The SMILES string of the molecule is Cc1c([N+](=O)[O-])ncn1CCOc1ccc(-n2ccn(-c3ccc(OC4CCCC4)cc3)c2=O)cc1. The number of nitro groups is 1. The second-order valence-corrected chi connectivity index (χ2v) is 8.79. The number of imidazole rings is 2. The lowest BCUT2D eigenvalue weighted by Crippen LogP contribution is -2.21. The molecule has 2 aromatic carbocycles. The first-order chi connectivity index (χ1) is 17.5. The largest absolute Gasteiger partial charge is 0.492 e. The zero-order valence-electron chi connectivity index (χ0n) is 19.9. The fraction of sp³-hybridized carbons (Fsp3) is 0.308. The van der Waals surface area contributed by atoms with Gasteiger partial charge in [0.1, 0.15) is 23.8 Å². The molecule has 10 heteroatoms. The van der Waals surface area contributed by atoms with Gasteiger partial charge in [0.15, 0.2) is 0 Å². The van der Waals surface area contributed by atoms with Crippen LogP contribution in [0.25, 0.3) is 11.4 Å². The molecule has 4 aromatic rings. The average molecular weight is 490 g/mol. The lowest BCUT2D eigenvalue weighted by molar-refractivity contribution is -0.389. The van der Waals surface area contributed by atoms with Gasteiger partial charge in [-0.1, -0.05) is 0 Å². The molecule has 0 spiro atoms. The minimum atomic E-state index is -0.499. The monoisotopic (exact) mass is 489 g/mol. The molecule has 186 valence electrons. The van der Waals surface area contributed by atoms with Gasteiger partial charge in [0.2, 0.25) is 6.33 Å². The summed E-state index contributed by atoms with van der Waals surface area (Å²) in [6.45, 7) is 2.41. The van der Waals surface area contributed by atoms with Crippen LogP contribution in [0.15, 0.2) is 72.0 Å². The zero-order valence-corrected chi connectivity index (χ0v) is 19.9. The molecule has 0 N–H and O–H groups in total. The standard InChI is InChI=1S/C26H27N5O5/c1-19-25(31(33)34)27-18-28(19)16-17-35-22-10-6-20(7-11-22)29-14-15-30(26(29)32)21-8-12-24(13-9-21)36-23-4-2-3-5-23/h6-15,18,23H,2-5,16-17H2,1H3. The van der Waals surface area contributed by atoms with Crippen molar-refractivity contribution >= 4 is 5.82 Å². The van der Waals surface area contributed by atoms with E-state index in [0.29, 0.717) is 36.4 Å². The highest BCUT2D eigenvalue weighted by Crippen LogP contribution is 2.25. The third-order valence-electron chi connectivity index (χ3n) is 6.46. The van der Waals surface area contributed by atoms with E-state index in [1.807, 2.05) is 36.4 Å². The fourth-order valence-corrected chi connectivity index (χ4v) is 4.46. The van der Waals surface area contributed by atoms with Crippen molar-refractivity contribution in [2.75, 3.05) is 6.61 Å². The molecule has 2 aromatic heterocycles. The van der Waals surface area contributed by atoms with Crippen LogP contribution in [-0.4, -0.2) is 36.3 Å². The van der Waals surface area contributed by atoms with E-state index in [-0.39, 0.29) is 11.5 Å². The van der Waals surface area contributed by atoms with Crippen LogP contribution in [0.2, 0.25) is 0 Å². The predicted molar refractivity (Wildman–Crippen MR) is 133 cm³/mol. The minimum absolute atomic E-state index is 0.148. The van der Waals surface area contributed by atoms with Gasteiger partial charge in [-0.05, 0) is 91.0 Å². The molecule has 0 unspecified atom stereocenters. The van der Waals surface area contributed by atoms with Gasteiger partial charge in [-0.3, -0.25) is 9.13 Å². The lowest BCUT2D eigenvalue weighted by Gasteiger charge is -2.13. The maximum absolute atomic E-state index is 13.0. The summed E-state index contributed by atoms with van der Waals surface area (Å²) in [7, 11) is 0. The number of hydrogen-bond donors (Lipinski definition) is 0. The third-order valence-corrected chi connectivity index (χ3v) is 6.46. The smallest absolute Gasteiger partial charge is 0.384 e. The van der Waals surface area contributed by atoms with Crippen molar-refractivity contribution in [1.29, 1.82) is 0 Å². The van der Waals surface area contributed by atoms with Gasteiger partial charge < -0.3 is 24.2 Å².